The number of nitrogens with one attached hydrogen (secondary N) is 1. The lowest BCUT2D eigenvalue weighted by Crippen LogP contribution is -2.27. The predicted molar refractivity (Wildman–Crippen MR) is 76.6 cm³/mol. The quantitative estimate of drug-likeness (QED) is 0.826. The van der Waals surface area contributed by atoms with E-state index in [2.05, 4.69) is 36.5 Å². The van der Waals surface area contributed by atoms with Gasteiger partial charge in [-0.3, -0.25) is 4.79 Å². The second kappa shape index (κ2) is 6.25. The van der Waals surface area contributed by atoms with E-state index in [-0.39, 0.29) is 11.9 Å². The minimum absolute atomic E-state index is 0.00400. The van der Waals surface area contributed by atoms with Crippen LogP contribution >= 0.6 is 11.8 Å². The lowest BCUT2D eigenvalue weighted by Gasteiger charge is -2.12. The molecule has 98 valence electrons. The lowest BCUT2D eigenvalue weighted by atomic mass is 10.1. The molecule has 1 aromatic rings. The van der Waals surface area contributed by atoms with Gasteiger partial charge in [-0.2, -0.15) is 11.8 Å². The van der Waals surface area contributed by atoms with Gasteiger partial charge in [0.2, 0.25) is 5.91 Å². The average Bonchev–Trinajstić information content (AvgIpc) is 3.13. The van der Waals surface area contributed by atoms with E-state index < -0.39 is 0 Å². The summed E-state index contributed by atoms with van der Waals surface area (Å²) in [6, 6.07) is 8.71. The fraction of sp³-hybridized carbons (Fsp3) is 0.500. The lowest BCUT2D eigenvalue weighted by molar-refractivity contribution is -0.118. The monoisotopic (exact) mass is 264 g/mol. The molecule has 0 heterocycles. The third-order valence-corrected chi connectivity index (χ3v) is 4.04. The van der Waals surface area contributed by atoms with Crippen LogP contribution < -0.4 is 11.1 Å². The number of carbonyl (C=O) groups is 1. The molecule has 0 aromatic heterocycles. The molecule has 3 N–H and O–H groups in total. The molecule has 1 saturated carbocycles. The molecule has 0 aliphatic heterocycles. The summed E-state index contributed by atoms with van der Waals surface area (Å²) in [6.45, 7) is 2.06. The molecule has 0 radical (unpaired) electrons. The molecule has 1 aliphatic carbocycles. The van der Waals surface area contributed by atoms with Crippen LogP contribution in [-0.2, 0) is 4.79 Å². The fourth-order valence-electron chi connectivity index (χ4n) is 1.69. The Morgan fingerprint density at radius 1 is 1.44 bits per heavy atom. The zero-order chi connectivity index (χ0) is 13.0. The van der Waals surface area contributed by atoms with E-state index in [0.29, 0.717) is 11.8 Å². The SMILES string of the molecule is Cc1ccc(C(N)CSCC(=O)NC2CC2)cc1. The van der Waals surface area contributed by atoms with Gasteiger partial charge in [0.05, 0.1) is 5.75 Å². The maximum atomic E-state index is 11.5. The first kappa shape index (κ1) is 13.4. The van der Waals surface area contributed by atoms with Crippen molar-refractivity contribution in [2.75, 3.05) is 11.5 Å². The first-order valence-corrected chi connectivity index (χ1v) is 7.50. The van der Waals surface area contributed by atoms with Crippen molar-refractivity contribution >= 4 is 17.7 Å². The summed E-state index contributed by atoms with van der Waals surface area (Å²) >= 11 is 1.60. The minimum Gasteiger partial charge on any atom is -0.353 e. The first-order chi connectivity index (χ1) is 8.65. The number of aryl methyl sites for hydroxylation is 1. The van der Waals surface area contributed by atoms with Crippen molar-refractivity contribution in [2.24, 2.45) is 5.73 Å². The van der Waals surface area contributed by atoms with Crippen LogP contribution in [0.2, 0.25) is 0 Å². The molecule has 1 atom stereocenters. The Labute approximate surface area is 113 Å². The van der Waals surface area contributed by atoms with Gasteiger partial charge in [-0.25, -0.2) is 0 Å². The highest BCUT2D eigenvalue weighted by atomic mass is 32.2. The highest BCUT2D eigenvalue weighted by Crippen LogP contribution is 2.20. The summed E-state index contributed by atoms with van der Waals surface area (Å²) in [4.78, 5) is 11.5. The van der Waals surface area contributed by atoms with Gasteiger partial charge < -0.3 is 11.1 Å². The normalized spacial score (nSPS) is 16.3. The number of benzene rings is 1. The molecule has 0 saturated heterocycles. The van der Waals surface area contributed by atoms with Crippen molar-refractivity contribution < 1.29 is 4.79 Å². The van der Waals surface area contributed by atoms with Gasteiger partial charge in [0, 0.05) is 17.8 Å². The van der Waals surface area contributed by atoms with Crippen LogP contribution in [-0.4, -0.2) is 23.5 Å². The average molecular weight is 264 g/mol. The van der Waals surface area contributed by atoms with Gasteiger partial charge >= 0.3 is 0 Å². The van der Waals surface area contributed by atoms with Crippen LogP contribution in [0.25, 0.3) is 0 Å². The van der Waals surface area contributed by atoms with Crippen LogP contribution in [0.15, 0.2) is 24.3 Å². The molecule has 0 spiro atoms. The molecular formula is C14H20N2OS. The van der Waals surface area contributed by atoms with E-state index in [9.17, 15) is 4.79 Å². The minimum atomic E-state index is 0.00400. The maximum Gasteiger partial charge on any atom is 0.230 e. The standard InChI is InChI=1S/C14H20N2OS/c1-10-2-4-11(5-3-10)13(15)8-18-9-14(17)16-12-6-7-12/h2-5,12-13H,6-9,15H2,1H3,(H,16,17). The number of nitrogens with two attached hydrogens (primary N) is 1. The van der Waals surface area contributed by atoms with Crippen molar-refractivity contribution in [3.05, 3.63) is 35.4 Å². The van der Waals surface area contributed by atoms with E-state index in [1.165, 1.54) is 5.56 Å². The van der Waals surface area contributed by atoms with Crippen LogP contribution in [0.4, 0.5) is 0 Å². The van der Waals surface area contributed by atoms with Crippen molar-refractivity contribution in [3.63, 3.8) is 0 Å². The summed E-state index contributed by atoms with van der Waals surface area (Å²) in [6.07, 6.45) is 2.28. The molecule has 1 aromatic carbocycles. The van der Waals surface area contributed by atoms with Crippen molar-refractivity contribution in [3.8, 4) is 0 Å². The Balaban J connectivity index is 1.68. The van der Waals surface area contributed by atoms with Gasteiger partial charge in [-0.05, 0) is 25.3 Å². The fourth-order valence-corrected chi connectivity index (χ4v) is 2.52. The second-order valence-electron chi connectivity index (χ2n) is 4.87. The Morgan fingerprint density at radius 3 is 2.72 bits per heavy atom. The summed E-state index contributed by atoms with van der Waals surface area (Å²) < 4.78 is 0. The van der Waals surface area contributed by atoms with Crippen molar-refractivity contribution in [2.45, 2.75) is 31.8 Å². The summed E-state index contributed by atoms with van der Waals surface area (Å²) in [7, 11) is 0. The van der Waals surface area contributed by atoms with E-state index in [1.54, 1.807) is 11.8 Å². The van der Waals surface area contributed by atoms with Crippen LogP contribution in [0.3, 0.4) is 0 Å². The number of rotatable bonds is 6. The second-order valence-corrected chi connectivity index (χ2v) is 5.90. The van der Waals surface area contributed by atoms with Crippen molar-refractivity contribution in [1.29, 1.82) is 0 Å². The molecule has 3 nitrogen and oxygen atoms in total. The topological polar surface area (TPSA) is 55.1 Å². The number of amides is 1. The zero-order valence-electron chi connectivity index (χ0n) is 10.7. The summed E-state index contributed by atoms with van der Waals surface area (Å²) in [5, 5.41) is 2.97. The van der Waals surface area contributed by atoms with Gasteiger partial charge in [0.25, 0.3) is 0 Å². The molecule has 18 heavy (non-hydrogen) atoms. The molecular weight excluding hydrogens is 244 g/mol. The summed E-state index contributed by atoms with van der Waals surface area (Å²) in [5.74, 6) is 1.43. The van der Waals surface area contributed by atoms with Gasteiger partial charge in [-0.15, -0.1) is 0 Å². The largest absolute Gasteiger partial charge is 0.353 e. The number of thioether (sulfide) groups is 1. The number of hydrogen-bond donors (Lipinski definition) is 2. The molecule has 4 heteroatoms. The van der Waals surface area contributed by atoms with Crippen LogP contribution in [0.1, 0.15) is 30.0 Å². The highest BCUT2D eigenvalue weighted by Gasteiger charge is 2.22. The Bertz CT molecular complexity index is 401. The first-order valence-electron chi connectivity index (χ1n) is 6.34. The Kier molecular flexibility index (Phi) is 4.66. The number of carbonyl (C=O) groups excluding carboxylic acids is 1. The Morgan fingerprint density at radius 2 is 2.11 bits per heavy atom. The van der Waals surface area contributed by atoms with E-state index in [0.717, 1.165) is 24.2 Å². The predicted octanol–water partition coefficient (Wildman–Crippen LogP) is 2.01. The molecule has 2 rings (SSSR count). The summed E-state index contributed by atoms with van der Waals surface area (Å²) in [5.41, 5.74) is 8.47. The maximum absolute atomic E-state index is 11.5. The third-order valence-electron chi connectivity index (χ3n) is 2.98. The van der Waals surface area contributed by atoms with E-state index in [1.807, 2.05) is 0 Å². The highest BCUT2D eigenvalue weighted by molar-refractivity contribution is 7.99. The number of hydrogen-bond acceptors (Lipinski definition) is 3. The molecule has 0 bridgehead atoms. The molecule has 1 amide bonds. The Hall–Kier alpha value is -1.00. The molecule has 1 aliphatic rings. The van der Waals surface area contributed by atoms with E-state index in [4.69, 9.17) is 5.73 Å². The zero-order valence-corrected chi connectivity index (χ0v) is 11.5. The smallest absolute Gasteiger partial charge is 0.230 e. The van der Waals surface area contributed by atoms with Crippen molar-refractivity contribution in [1.82, 2.24) is 5.32 Å². The van der Waals surface area contributed by atoms with Crippen LogP contribution in [0.5, 0.6) is 0 Å². The van der Waals surface area contributed by atoms with Crippen LogP contribution in [0, 0.1) is 6.92 Å². The third kappa shape index (κ3) is 4.35. The van der Waals surface area contributed by atoms with E-state index >= 15 is 0 Å². The molecule has 1 unspecified atom stereocenters. The molecule has 1 fully saturated rings. The van der Waals surface area contributed by atoms with Gasteiger partial charge in [0.15, 0.2) is 0 Å². The van der Waals surface area contributed by atoms with Gasteiger partial charge in [-0.1, -0.05) is 29.8 Å². The van der Waals surface area contributed by atoms with Gasteiger partial charge in [0.1, 0.15) is 0 Å².